The van der Waals surface area contributed by atoms with E-state index < -0.39 is 6.04 Å². The fourth-order valence-electron chi connectivity index (χ4n) is 3.51. The Morgan fingerprint density at radius 2 is 2.00 bits per heavy atom. The van der Waals surface area contributed by atoms with Gasteiger partial charge in [-0.2, -0.15) is 0 Å². The van der Waals surface area contributed by atoms with Crippen LogP contribution in [0.3, 0.4) is 0 Å². The van der Waals surface area contributed by atoms with Gasteiger partial charge in [-0.05, 0) is 36.7 Å². The van der Waals surface area contributed by atoms with Gasteiger partial charge in [-0.3, -0.25) is 4.79 Å². The molecule has 4 atom stereocenters. The molecule has 0 spiro atoms. The Morgan fingerprint density at radius 3 is 2.61 bits per heavy atom. The van der Waals surface area contributed by atoms with E-state index in [-0.39, 0.29) is 5.91 Å². The topological polar surface area (TPSA) is 55.1 Å². The van der Waals surface area contributed by atoms with Gasteiger partial charge in [-0.25, -0.2) is 0 Å². The number of nitrogens with two attached hydrogens (primary N) is 1. The average Bonchev–Trinajstić information content (AvgIpc) is 3.01. The van der Waals surface area contributed by atoms with E-state index in [0.717, 1.165) is 17.9 Å². The predicted octanol–water partition coefficient (Wildman–Crippen LogP) is 1.99. The maximum absolute atomic E-state index is 12.1. The molecule has 1 amide bonds. The van der Waals surface area contributed by atoms with Gasteiger partial charge in [0.15, 0.2) is 0 Å². The first-order valence-corrected chi connectivity index (χ1v) is 6.85. The van der Waals surface area contributed by atoms with Gasteiger partial charge in [0.1, 0.15) is 6.04 Å². The highest BCUT2D eigenvalue weighted by atomic mass is 16.2. The van der Waals surface area contributed by atoms with Crippen molar-refractivity contribution < 1.29 is 4.79 Å². The molecule has 0 heterocycles. The van der Waals surface area contributed by atoms with E-state index in [4.69, 9.17) is 5.73 Å². The van der Waals surface area contributed by atoms with E-state index in [2.05, 4.69) is 5.32 Å². The zero-order valence-corrected chi connectivity index (χ0v) is 10.5. The van der Waals surface area contributed by atoms with Crippen molar-refractivity contribution in [3.05, 3.63) is 35.9 Å². The molecule has 0 saturated heterocycles. The van der Waals surface area contributed by atoms with E-state index in [1.54, 1.807) is 0 Å². The van der Waals surface area contributed by atoms with E-state index in [1.165, 1.54) is 19.3 Å². The van der Waals surface area contributed by atoms with Crippen LogP contribution in [0.1, 0.15) is 37.3 Å². The molecule has 3 heteroatoms. The van der Waals surface area contributed by atoms with Gasteiger partial charge >= 0.3 is 0 Å². The molecule has 4 unspecified atom stereocenters. The SMILES string of the molecule is NC(C(=O)NC1CC2CCC1C2)c1ccccc1. The minimum absolute atomic E-state index is 0.0289. The zero-order chi connectivity index (χ0) is 12.5. The van der Waals surface area contributed by atoms with E-state index in [0.29, 0.717) is 12.0 Å². The largest absolute Gasteiger partial charge is 0.351 e. The molecule has 3 N–H and O–H groups in total. The van der Waals surface area contributed by atoms with Crippen molar-refractivity contribution in [1.29, 1.82) is 0 Å². The Bertz CT molecular complexity index is 431. The molecule has 0 radical (unpaired) electrons. The molecule has 1 aromatic rings. The molecule has 0 aromatic heterocycles. The predicted molar refractivity (Wildman–Crippen MR) is 70.7 cm³/mol. The number of carbonyl (C=O) groups is 1. The van der Waals surface area contributed by atoms with Crippen LogP contribution in [0, 0.1) is 11.8 Å². The lowest BCUT2D eigenvalue weighted by atomic mass is 9.95. The van der Waals surface area contributed by atoms with E-state index in [1.807, 2.05) is 30.3 Å². The van der Waals surface area contributed by atoms with Crippen molar-refractivity contribution in [2.45, 2.75) is 37.8 Å². The first kappa shape index (κ1) is 11.7. The van der Waals surface area contributed by atoms with Crippen LogP contribution in [-0.4, -0.2) is 11.9 Å². The molecule has 0 aliphatic heterocycles. The van der Waals surface area contributed by atoms with Gasteiger partial charge in [0.2, 0.25) is 5.91 Å². The van der Waals surface area contributed by atoms with Crippen molar-refractivity contribution >= 4 is 5.91 Å². The Kier molecular flexibility index (Phi) is 3.08. The molecular formula is C15H20N2O. The first-order chi connectivity index (χ1) is 8.74. The second kappa shape index (κ2) is 4.73. The van der Waals surface area contributed by atoms with E-state index in [9.17, 15) is 4.79 Å². The van der Waals surface area contributed by atoms with Gasteiger partial charge in [0.25, 0.3) is 0 Å². The highest BCUT2D eigenvalue weighted by molar-refractivity contribution is 5.83. The molecule has 3 rings (SSSR count). The molecular weight excluding hydrogens is 224 g/mol. The molecule has 2 aliphatic rings. The fourth-order valence-corrected chi connectivity index (χ4v) is 3.51. The molecule has 2 aliphatic carbocycles. The highest BCUT2D eigenvalue weighted by Crippen LogP contribution is 2.44. The highest BCUT2D eigenvalue weighted by Gasteiger charge is 2.40. The number of benzene rings is 1. The van der Waals surface area contributed by atoms with Gasteiger partial charge < -0.3 is 11.1 Å². The number of rotatable bonds is 3. The van der Waals surface area contributed by atoms with Crippen molar-refractivity contribution in [2.75, 3.05) is 0 Å². The molecule has 2 saturated carbocycles. The van der Waals surface area contributed by atoms with Crippen molar-refractivity contribution in [3.8, 4) is 0 Å². The third kappa shape index (κ3) is 2.15. The summed E-state index contributed by atoms with van der Waals surface area (Å²) in [7, 11) is 0. The van der Waals surface area contributed by atoms with Crippen LogP contribution < -0.4 is 11.1 Å². The maximum Gasteiger partial charge on any atom is 0.241 e. The molecule has 96 valence electrons. The summed E-state index contributed by atoms with van der Waals surface area (Å²) >= 11 is 0. The van der Waals surface area contributed by atoms with Crippen LogP contribution in [0.4, 0.5) is 0 Å². The minimum Gasteiger partial charge on any atom is -0.351 e. The molecule has 3 nitrogen and oxygen atoms in total. The Balaban J connectivity index is 1.62. The quantitative estimate of drug-likeness (QED) is 0.854. The Morgan fingerprint density at radius 1 is 1.22 bits per heavy atom. The normalized spacial score (nSPS) is 31.3. The third-order valence-electron chi connectivity index (χ3n) is 4.51. The summed E-state index contributed by atoms with van der Waals surface area (Å²) in [6.45, 7) is 0. The Hall–Kier alpha value is -1.35. The Labute approximate surface area is 108 Å². The van der Waals surface area contributed by atoms with Crippen LogP contribution in [0.2, 0.25) is 0 Å². The lowest BCUT2D eigenvalue weighted by molar-refractivity contribution is -0.123. The smallest absolute Gasteiger partial charge is 0.241 e. The lowest BCUT2D eigenvalue weighted by Crippen LogP contribution is -2.43. The summed E-state index contributed by atoms with van der Waals surface area (Å²) in [6, 6.07) is 9.41. The van der Waals surface area contributed by atoms with Gasteiger partial charge in [-0.15, -0.1) is 0 Å². The summed E-state index contributed by atoms with van der Waals surface area (Å²) in [5, 5.41) is 3.14. The van der Waals surface area contributed by atoms with Crippen LogP contribution in [0.25, 0.3) is 0 Å². The molecule has 1 aromatic carbocycles. The summed E-state index contributed by atoms with van der Waals surface area (Å²) in [6.07, 6.45) is 5.07. The van der Waals surface area contributed by atoms with E-state index >= 15 is 0 Å². The van der Waals surface area contributed by atoms with Crippen LogP contribution in [0.5, 0.6) is 0 Å². The summed E-state index contributed by atoms with van der Waals surface area (Å²) < 4.78 is 0. The first-order valence-electron chi connectivity index (χ1n) is 6.85. The van der Waals surface area contributed by atoms with Crippen LogP contribution in [-0.2, 0) is 4.79 Å². The minimum atomic E-state index is -0.537. The number of amides is 1. The number of hydrogen-bond acceptors (Lipinski definition) is 2. The second-order valence-electron chi connectivity index (χ2n) is 5.68. The van der Waals surface area contributed by atoms with Gasteiger partial charge in [0, 0.05) is 6.04 Å². The van der Waals surface area contributed by atoms with Crippen LogP contribution >= 0.6 is 0 Å². The molecule has 2 fully saturated rings. The standard InChI is InChI=1S/C15H20N2O/c16-14(11-4-2-1-3-5-11)15(18)17-13-9-10-6-7-12(13)8-10/h1-5,10,12-14H,6-9,16H2,(H,17,18). The van der Waals surface area contributed by atoms with Crippen molar-refractivity contribution in [2.24, 2.45) is 17.6 Å². The van der Waals surface area contributed by atoms with Crippen molar-refractivity contribution in [1.82, 2.24) is 5.32 Å². The second-order valence-corrected chi connectivity index (χ2v) is 5.68. The fraction of sp³-hybridized carbons (Fsp3) is 0.533. The summed E-state index contributed by atoms with van der Waals surface area (Å²) in [5.41, 5.74) is 6.89. The van der Waals surface area contributed by atoms with Crippen molar-refractivity contribution in [3.63, 3.8) is 0 Å². The number of fused-ring (bicyclic) bond motifs is 2. The number of nitrogens with one attached hydrogen (secondary N) is 1. The van der Waals surface area contributed by atoms with Gasteiger partial charge in [0.05, 0.1) is 0 Å². The monoisotopic (exact) mass is 244 g/mol. The average molecular weight is 244 g/mol. The maximum atomic E-state index is 12.1. The summed E-state index contributed by atoms with van der Waals surface area (Å²) in [5.74, 6) is 1.51. The summed E-state index contributed by atoms with van der Waals surface area (Å²) in [4.78, 5) is 12.1. The molecule has 18 heavy (non-hydrogen) atoms. The van der Waals surface area contributed by atoms with Crippen LogP contribution in [0.15, 0.2) is 30.3 Å². The number of carbonyl (C=O) groups excluding carboxylic acids is 1. The zero-order valence-electron chi connectivity index (χ0n) is 10.5. The molecule has 2 bridgehead atoms. The van der Waals surface area contributed by atoms with Gasteiger partial charge in [-0.1, -0.05) is 36.8 Å². The lowest BCUT2D eigenvalue weighted by Gasteiger charge is -2.24. The number of hydrogen-bond donors (Lipinski definition) is 2. The third-order valence-corrected chi connectivity index (χ3v) is 4.51.